The van der Waals surface area contributed by atoms with Gasteiger partial charge in [0, 0.05) is 5.69 Å². The van der Waals surface area contributed by atoms with Crippen molar-refractivity contribution in [1.82, 2.24) is 5.43 Å². The molecule has 0 aliphatic rings. The smallest absolute Gasteiger partial charge is 0.315 e. The molecule has 0 saturated heterocycles. The molecule has 43 heavy (non-hydrogen) atoms. The number of hydrogen-bond acceptors (Lipinski definition) is 7. The number of benzene rings is 2. The Morgan fingerprint density at radius 3 is 2.09 bits per heavy atom. The largest absolute Gasteiger partial charge is 0.492 e. The molecule has 0 aliphatic heterocycles. The highest BCUT2D eigenvalue weighted by Crippen LogP contribution is 2.39. The van der Waals surface area contributed by atoms with Gasteiger partial charge in [-0.2, -0.15) is 0 Å². The Bertz CT molecular complexity index is 1280. The topological polar surface area (TPSA) is 123 Å². The minimum Gasteiger partial charge on any atom is -0.492 e. The summed E-state index contributed by atoms with van der Waals surface area (Å²) in [6, 6.07) is 11.9. The van der Waals surface area contributed by atoms with Gasteiger partial charge >= 0.3 is 5.97 Å². The molecule has 10 heteroatoms. The van der Waals surface area contributed by atoms with E-state index in [1.165, 1.54) is 19.3 Å². The van der Waals surface area contributed by atoms with Crippen LogP contribution in [0.25, 0.3) is 0 Å². The summed E-state index contributed by atoms with van der Waals surface area (Å²) in [5.74, 6) is -0.835. The first-order valence-electron chi connectivity index (χ1n) is 15.3. The van der Waals surface area contributed by atoms with Crippen molar-refractivity contribution < 1.29 is 27.5 Å². The van der Waals surface area contributed by atoms with Gasteiger partial charge in [-0.25, -0.2) is 8.42 Å². The summed E-state index contributed by atoms with van der Waals surface area (Å²) in [7, 11) is -4.00. The second-order valence-electron chi connectivity index (χ2n) is 12.7. The van der Waals surface area contributed by atoms with E-state index in [9.17, 15) is 18.0 Å². The fourth-order valence-corrected chi connectivity index (χ4v) is 6.34. The van der Waals surface area contributed by atoms with E-state index in [-0.39, 0.29) is 22.3 Å². The van der Waals surface area contributed by atoms with E-state index in [1.807, 2.05) is 6.07 Å². The first-order chi connectivity index (χ1) is 20.2. The van der Waals surface area contributed by atoms with Gasteiger partial charge in [-0.05, 0) is 72.6 Å². The summed E-state index contributed by atoms with van der Waals surface area (Å²) in [6.45, 7) is 15.3. The molecule has 240 valence electrons. The number of esters is 1. The van der Waals surface area contributed by atoms with Gasteiger partial charge < -0.3 is 9.47 Å². The number of amides is 1. The minimum atomic E-state index is -4.00. The highest BCUT2D eigenvalue weighted by Gasteiger charge is 2.30. The number of carbonyl (C=O) groups is 2. The number of rotatable bonds is 18. The number of carbonyl (C=O) groups excluding carboxylic acids is 2. The van der Waals surface area contributed by atoms with Crippen molar-refractivity contribution in [1.29, 1.82) is 0 Å². The molecule has 0 unspecified atom stereocenters. The van der Waals surface area contributed by atoms with Crippen LogP contribution in [0.5, 0.6) is 5.75 Å². The van der Waals surface area contributed by atoms with E-state index < -0.39 is 28.3 Å². The number of unbranched alkanes of at least 4 members (excludes halogenated alkanes) is 5. The third-order valence-electron chi connectivity index (χ3n) is 6.84. The van der Waals surface area contributed by atoms with Gasteiger partial charge in [0.2, 0.25) is 5.91 Å². The molecule has 0 radical (unpaired) electrons. The van der Waals surface area contributed by atoms with E-state index in [0.717, 1.165) is 31.2 Å². The molecular formula is C33H51N3O6S. The lowest BCUT2D eigenvalue weighted by molar-refractivity contribution is -0.145. The van der Waals surface area contributed by atoms with Gasteiger partial charge in [-0.1, -0.05) is 79.7 Å². The lowest BCUT2D eigenvalue weighted by atomic mass is 9.72. The highest BCUT2D eigenvalue weighted by atomic mass is 32.2. The lowest BCUT2D eigenvalue weighted by Crippen LogP contribution is -2.31. The third kappa shape index (κ3) is 12.9. The molecule has 0 saturated carbocycles. The van der Waals surface area contributed by atoms with Crippen LogP contribution in [0.4, 0.5) is 11.4 Å². The molecule has 1 amide bonds. The summed E-state index contributed by atoms with van der Waals surface area (Å²) in [5.41, 5.74) is 6.71. The summed E-state index contributed by atoms with van der Waals surface area (Å²) in [4.78, 5) is 23.5. The van der Waals surface area contributed by atoms with Crippen molar-refractivity contribution >= 4 is 33.3 Å². The number of hydrogen-bond donors (Lipinski definition) is 3. The average Bonchev–Trinajstić information content (AvgIpc) is 2.90. The normalized spacial score (nSPS) is 12.0. The minimum absolute atomic E-state index is 0.0573. The van der Waals surface area contributed by atoms with Crippen molar-refractivity contribution in [2.75, 3.05) is 23.4 Å². The highest BCUT2D eigenvalue weighted by molar-refractivity contribution is 7.92. The second kappa shape index (κ2) is 16.5. The molecule has 2 aromatic rings. The predicted octanol–water partition coefficient (Wildman–Crippen LogP) is 7.34. The van der Waals surface area contributed by atoms with Crippen molar-refractivity contribution in [2.24, 2.45) is 5.41 Å². The van der Waals surface area contributed by atoms with Crippen LogP contribution in [0.15, 0.2) is 47.4 Å². The number of anilines is 2. The van der Waals surface area contributed by atoms with Crippen LogP contribution in [-0.2, 0) is 29.8 Å². The monoisotopic (exact) mass is 617 g/mol. The maximum Gasteiger partial charge on any atom is 0.315 e. The predicted molar refractivity (Wildman–Crippen MR) is 173 cm³/mol. The van der Waals surface area contributed by atoms with Gasteiger partial charge in [0.25, 0.3) is 10.0 Å². The van der Waals surface area contributed by atoms with Crippen molar-refractivity contribution in [3.05, 3.63) is 48.0 Å². The summed E-state index contributed by atoms with van der Waals surface area (Å²) in [5, 5.41) is 0. The van der Waals surface area contributed by atoms with Crippen molar-refractivity contribution in [3.63, 3.8) is 0 Å². The van der Waals surface area contributed by atoms with Gasteiger partial charge in [0.15, 0.2) is 0 Å². The molecule has 2 rings (SSSR count). The van der Waals surface area contributed by atoms with Crippen LogP contribution in [0.3, 0.4) is 0 Å². The molecule has 0 bridgehead atoms. The fraction of sp³-hybridized carbons (Fsp3) is 0.576. The Labute approximate surface area is 258 Å². The van der Waals surface area contributed by atoms with Crippen molar-refractivity contribution in [3.8, 4) is 5.75 Å². The maximum atomic E-state index is 13.7. The van der Waals surface area contributed by atoms with Crippen LogP contribution < -0.4 is 20.3 Å². The lowest BCUT2D eigenvalue weighted by Gasteiger charge is -2.33. The number of ether oxygens (including phenoxy) is 2. The molecule has 0 heterocycles. The van der Waals surface area contributed by atoms with Gasteiger partial charge in [0.1, 0.15) is 17.1 Å². The Morgan fingerprint density at radius 2 is 1.47 bits per heavy atom. The standard InChI is InChI=1S/C33H51N3O6S/c1-8-10-11-12-13-14-21-42-28-20-15-25(33(6,7)24-32(3,4)5)22-29(28)43(39,40)36-27-18-16-26(17-19-27)34-35-30(37)23-31(38)41-9-2/h15-20,22,34,36H,8-14,21,23-24H2,1-7H3,(H,35,37). The zero-order valence-corrected chi connectivity index (χ0v) is 27.8. The maximum absolute atomic E-state index is 13.7. The fourth-order valence-electron chi connectivity index (χ4n) is 5.11. The SMILES string of the molecule is CCCCCCCCOc1ccc(C(C)(C)CC(C)(C)C)cc1S(=O)(=O)Nc1ccc(NNC(=O)CC(=O)OCC)cc1. The Kier molecular flexibility index (Phi) is 13.8. The van der Waals surface area contributed by atoms with Gasteiger partial charge in [0.05, 0.1) is 18.9 Å². The van der Waals surface area contributed by atoms with E-state index in [1.54, 1.807) is 43.3 Å². The van der Waals surface area contributed by atoms with E-state index in [0.29, 0.717) is 23.7 Å². The van der Waals surface area contributed by atoms with Crippen LogP contribution in [0, 0.1) is 5.41 Å². The first kappa shape index (κ1) is 35.9. The second-order valence-corrected chi connectivity index (χ2v) is 14.4. The third-order valence-corrected chi connectivity index (χ3v) is 8.24. The zero-order chi connectivity index (χ0) is 32.1. The molecule has 0 atom stereocenters. The zero-order valence-electron chi connectivity index (χ0n) is 27.0. The van der Waals surface area contributed by atoms with Crippen LogP contribution in [-0.4, -0.2) is 33.5 Å². The number of nitrogens with one attached hydrogen (secondary N) is 3. The van der Waals surface area contributed by atoms with E-state index in [4.69, 9.17) is 9.47 Å². The molecule has 0 spiro atoms. The van der Waals surface area contributed by atoms with Crippen molar-refractivity contribution in [2.45, 2.75) is 110 Å². The Balaban J connectivity index is 2.20. The van der Waals surface area contributed by atoms with E-state index >= 15 is 0 Å². The molecule has 0 aromatic heterocycles. The Hall–Kier alpha value is -3.27. The first-order valence-corrected chi connectivity index (χ1v) is 16.8. The summed E-state index contributed by atoms with van der Waals surface area (Å²) >= 11 is 0. The van der Waals surface area contributed by atoms with E-state index in [2.05, 4.69) is 57.1 Å². The molecule has 9 nitrogen and oxygen atoms in total. The average molecular weight is 618 g/mol. The number of sulfonamides is 1. The van der Waals surface area contributed by atoms with Crippen LogP contribution in [0.1, 0.15) is 105 Å². The van der Waals surface area contributed by atoms with Gasteiger partial charge in [-0.3, -0.25) is 25.2 Å². The summed E-state index contributed by atoms with van der Waals surface area (Å²) in [6.07, 6.45) is 7.12. The number of hydrazine groups is 1. The molecule has 2 aromatic carbocycles. The van der Waals surface area contributed by atoms with Gasteiger partial charge in [-0.15, -0.1) is 0 Å². The molecule has 3 N–H and O–H groups in total. The van der Waals surface area contributed by atoms with Crippen LogP contribution in [0.2, 0.25) is 0 Å². The molecular weight excluding hydrogens is 566 g/mol. The molecule has 0 fully saturated rings. The quantitative estimate of drug-likeness (QED) is 0.0692. The Morgan fingerprint density at radius 1 is 0.837 bits per heavy atom. The molecule has 0 aliphatic carbocycles. The summed E-state index contributed by atoms with van der Waals surface area (Å²) < 4.78 is 41.0. The van der Waals surface area contributed by atoms with Crippen LogP contribution >= 0.6 is 0 Å².